The molecule has 2 aromatic heterocycles. The van der Waals surface area contributed by atoms with E-state index in [0.717, 1.165) is 5.56 Å². The van der Waals surface area contributed by atoms with Crippen molar-refractivity contribution in [2.75, 3.05) is 11.9 Å². The molecule has 0 N–H and O–H groups in total. The second kappa shape index (κ2) is 5.55. The Labute approximate surface area is 109 Å². The van der Waals surface area contributed by atoms with E-state index in [2.05, 4.69) is 15.0 Å². The molecule has 2 heterocycles. The standard InChI is InChI=1S/C12H11ClN4O/c1-17(6-9-3-2-4-14-5-9)12-10(7-18)11(13)15-8-16-12/h2-5,7-8H,6H2,1H3. The molecule has 0 radical (unpaired) electrons. The van der Waals surface area contributed by atoms with Crippen LogP contribution in [0.15, 0.2) is 30.9 Å². The van der Waals surface area contributed by atoms with Crippen LogP contribution in [0, 0.1) is 0 Å². The van der Waals surface area contributed by atoms with Crippen LogP contribution in [0.5, 0.6) is 0 Å². The smallest absolute Gasteiger partial charge is 0.156 e. The maximum absolute atomic E-state index is 11.0. The van der Waals surface area contributed by atoms with Crippen LogP contribution in [0.3, 0.4) is 0 Å². The monoisotopic (exact) mass is 262 g/mol. The van der Waals surface area contributed by atoms with E-state index in [1.165, 1.54) is 6.33 Å². The first-order chi connectivity index (χ1) is 8.72. The molecule has 5 nitrogen and oxygen atoms in total. The summed E-state index contributed by atoms with van der Waals surface area (Å²) in [6.45, 7) is 0.585. The highest BCUT2D eigenvalue weighted by atomic mass is 35.5. The Morgan fingerprint density at radius 2 is 2.28 bits per heavy atom. The molecule has 0 saturated carbocycles. The fourth-order valence-electron chi connectivity index (χ4n) is 1.61. The lowest BCUT2D eigenvalue weighted by Gasteiger charge is -2.19. The Hall–Kier alpha value is -2.01. The number of carbonyl (C=O) groups excluding carboxylic acids is 1. The first kappa shape index (κ1) is 12.4. The summed E-state index contributed by atoms with van der Waals surface area (Å²) in [5, 5.41) is 0.160. The van der Waals surface area contributed by atoms with Crippen LogP contribution in [-0.2, 0) is 6.54 Å². The summed E-state index contributed by atoms with van der Waals surface area (Å²) in [6, 6.07) is 3.81. The van der Waals surface area contributed by atoms with Crippen LogP contribution < -0.4 is 4.90 Å². The van der Waals surface area contributed by atoms with Gasteiger partial charge in [-0.05, 0) is 11.6 Å². The number of pyridine rings is 1. The van der Waals surface area contributed by atoms with Gasteiger partial charge in [-0.25, -0.2) is 9.97 Å². The molecule has 0 aliphatic rings. The lowest BCUT2D eigenvalue weighted by Crippen LogP contribution is -2.19. The van der Waals surface area contributed by atoms with Crippen molar-refractivity contribution in [2.24, 2.45) is 0 Å². The van der Waals surface area contributed by atoms with Gasteiger partial charge in [0.2, 0.25) is 0 Å². The fraction of sp³-hybridized carbons (Fsp3) is 0.167. The maximum atomic E-state index is 11.0. The third kappa shape index (κ3) is 2.62. The number of carbonyl (C=O) groups is 1. The predicted octanol–water partition coefficient (Wildman–Crippen LogP) is 1.97. The highest BCUT2D eigenvalue weighted by Gasteiger charge is 2.13. The van der Waals surface area contributed by atoms with Crippen molar-refractivity contribution < 1.29 is 4.79 Å². The van der Waals surface area contributed by atoms with Gasteiger partial charge in [-0.1, -0.05) is 17.7 Å². The number of anilines is 1. The number of nitrogens with zero attached hydrogens (tertiary/aromatic N) is 4. The average Bonchev–Trinajstić information content (AvgIpc) is 2.39. The lowest BCUT2D eigenvalue weighted by molar-refractivity contribution is 0.112. The minimum absolute atomic E-state index is 0.160. The van der Waals surface area contributed by atoms with Gasteiger partial charge in [0, 0.05) is 26.0 Å². The van der Waals surface area contributed by atoms with Crippen molar-refractivity contribution in [3.63, 3.8) is 0 Å². The molecule has 18 heavy (non-hydrogen) atoms. The predicted molar refractivity (Wildman–Crippen MR) is 68.8 cm³/mol. The number of rotatable bonds is 4. The molecule has 0 aliphatic heterocycles. The van der Waals surface area contributed by atoms with Crippen LogP contribution in [-0.4, -0.2) is 28.3 Å². The number of aromatic nitrogens is 3. The molecular weight excluding hydrogens is 252 g/mol. The quantitative estimate of drug-likeness (QED) is 0.623. The van der Waals surface area contributed by atoms with Crippen LogP contribution in [0.1, 0.15) is 15.9 Å². The highest BCUT2D eigenvalue weighted by Crippen LogP contribution is 2.21. The summed E-state index contributed by atoms with van der Waals surface area (Å²) in [7, 11) is 1.83. The third-order valence-electron chi connectivity index (χ3n) is 2.44. The van der Waals surface area contributed by atoms with Crippen LogP contribution >= 0.6 is 11.6 Å². The normalized spacial score (nSPS) is 10.1. The molecule has 0 atom stereocenters. The summed E-state index contributed by atoms with van der Waals surface area (Å²) < 4.78 is 0. The van der Waals surface area contributed by atoms with Crippen LogP contribution in [0.2, 0.25) is 5.15 Å². The molecule has 0 aliphatic carbocycles. The number of hydrogen-bond donors (Lipinski definition) is 0. The SMILES string of the molecule is CN(Cc1cccnc1)c1ncnc(Cl)c1C=O. The summed E-state index contributed by atoms with van der Waals surface area (Å²) in [5.74, 6) is 0.508. The molecule has 2 rings (SSSR count). The Morgan fingerprint density at radius 3 is 2.94 bits per heavy atom. The van der Waals surface area contributed by atoms with Gasteiger partial charge in [-0.15, -0.1) is 0 Å². The van der Waals surface area contributed by atoms with Gasteiger partial charge in [0.15, 0.2) is 6.29 Å². The van der Waals surface area contributed by atoms with E-state index in [4.69, 9.17) is 11.6 Å². The second-order valence-corrected chi connectivity index (χ2v) is 4.09. The van der Waals surface area contributed by atoms with Crippen molar-refractivity contribution in [3.8, 4) is 0 Å². The van der Waals surface area contributed by atoms with Gasteiger partial charge in [0.1, 0.15) is 17.3 Å². The fourth-order valence-corrected chi connectivity index (χ4v) is 1.78. The molecule has 0 unspecified atom stereocenters. The molecule has 0 bridgehead atoms. The van der Waals surface area contributed by atoms with E-state index in [0.29, 0.717) is 24.2 Å². The Balaban J connectivity index is 2.26. The first-order valence-corrected chi connectivity index (χ1v) is 5.66. The summed E-state index contributed by atoms with van der Waals surface area (Å²) >= 11 is 5.86. The van der Waals surface area contributed by atoms with E-state index in [1.54, 1.807) is 12.4 Å². The summed E-state index contributed by atoms with van der Waals surface area (Å²) in [4.78, 5) is 24.7. The van der Waals surface area contributed by atoms with Gasteiger partial charge in [0.05, 0.1) is 5.56 Å². The van der Waals surface area contributed by atoms with E-state index < -0.39 is 0 Å². The molecule has 0 amide bonds. The number of hydrogen-bond acceptors (Lipinski definition) is 5. The first-order valence-electron chi connectivity index (χ1n) is 5.28. The molecule has 0 aromatic carbocycles. The zero-order chi connectivity index (χ0) is 13.0. The van der Waals surface area contributed by atoms with Crippen molar-refractivity contribution in [3.05, 3.63) is 47.1 Å². The van der Waals surface area contributed by atoms with Crippen molar-refractivity contribution in [1.29, 1.82) is 0 Å². The lowest BCUT2D eigenvalue weighted by atomic mass is 10.2. The van der Waals surface area contributed by atoms with Crippen molar-refractivity contribution in [1.82, 2.24) is 15.0 Å². The number of aldehydes is 1. The van der Waals surface area contributed by atoms with Crippen LogP contribution in [0.4, 0.5) is 5.82 Å². The Bertz CT molecular complexity index is 547. The van der Waals surface area contributed by atoms with Crippen LogP contribution in [0.25, 0.3) is 0 Å². The molecule has 0 fully saturated rings. The summed E-state index contributed by atoms with van der Waals surface area (Å²) in [5.41, 5.74) is 1.32. The molecule has 0 spiro atoms. The second-order valence-electron chi connectivity index (χ2n) is 3.74. The van der Waals surface area contributed by atoms with Crippen molar-refractivity contribution in [2.45, 2.75) is 6.54 Å². The Morgan fingerprint density at radius 1 is 1.44 bits per heavy atom. The zero-order valence-corrected chi connectivity index (χ0v) is 10.5. The maximum Gasteiger partial charge on any atom is 0.156 e. The minimum Gasteiger partial charge on any atom is -0.355 e. The Kier molecular flexibility index (Phi) is 3.84. The van der Waals surface area contributed by atoms with Gasteiger partial charge in [-0.3, -0.25) is 9.78 Å². The molecule has 92 valence electrons. The zero-order valence-electron chi connectivity index (χ0n) is 9.75. The van der Waals surface area contributed by atoms with Gasteiger partial charge in [0.25, 0.3) is 0 Å². The molecule has 2 aromatic rings. The van der Waals surface area contributed by atoms with Gasteiger partial charge in [-0.2, -0.15) is 0 Å². The summed E-state index contributed by atoms with van der Waals surface area (Å²) in [6.07, 6.45) is 5.48. The van der Waals surface area contributed by atoms with E-state index in [1.807, 2.05) is 24.1 Å². The van der Waals surface area contributed by atoms with Gasteiger partial charge >= 0.3 is 0 Å². The topological polar surface area (TPSA) is 59.0 Å². The molecule has 6 heteroatoms. The van der Waals surface area contributed by atoms with E-state index in [-0.39, 0.29) is 5.15 Å². The minimum atomic E-state index is 0.160. The van der Waals surface area contributed by atoms with E-state index >= 15 is 0 Å². The van der Waals surface area contributed by atoms with E-state index in [9.17, 15) is 4.79 Å². The molecular formula is C12H11ClN4O. The van der Waals surface area contributed by atoms with Gasteiger partial charge < -0.3 is 4.90 Å². The largest absolute Gasteiger partial charge is 0.355 e. The molecule has 0 saturated heterocycles. The van der Waals surface area contributed by atoms with Crippen molar-refractivity contribution >= 4 is 23.7 Å². The number of halogens is 1. The highest BCUT2D eigenvalue weighted by molar-refractivity contribution is 6.32. The average molecular weight is 263 g/mol. The third-order valence-corrected chi connectivity index (χ3v) is 2.74.